The van der Waals surface area contributed by atoms with Gasteiger partial charge >= 0.3 is 0 Å². The Kier molecular flexibility index (Phi) is 3.45. The lowest BCUT2D eigenvalue weighted by atomic mass is 9.93. The van der Waals surface area contributed by atoms with E-state index in [1.807, 2.05) is 38.1 Å². The van der Waals surface area contributed by atoms with Gasteiger partial charge in [0, 0.05) is 17.9 Å². The van der Waals surface area contributed by atoms with Crippen molar-refractivity contribution in [2.75, 3.05) is 0 Å². The highest BCUT2D eigenvalue weighted by Crippen LogP contribution is 2.34. The second kappa shape index (κ2) is 5.30. The van der Waals surface area contributed by atoms with E-state index in [9.17, 15) is 5.21 Å². The van der Waals surface area contributed by atoms with Gasteiger partial charge in [-0.3, -0.25) is 0 Å². The molecule has 0 aliphatic heterocycles. The molecule has 0 aliphatic carbocycles. The maximum absolute atomic E-state index is 12.8. The van der Waals surface area contributed by atoms with Crippen molar-refractivity contribution in [3.8, 4) is 11.1 Å². The van der Waals surface area contributed by atoms with Crippen LogP contribution >= 0.6 is 0 Å². The maximum atomic E-state index is 12.8. The van der Waals surface area contributed by atoms with Gasteiger partial charge in [0.15, 0.2) is 5.69 Å². The van der Waals surface area contributed by atoms with Gasteiger partial charge in [-0.2, -0.15) is 4.73 Å². The SMILES string of the molecule is C=C(C)c1c(-c2cccc(C)c2)c2ccccc2c(C)[n+]1[O-]. The lowest BCUT2D eigenvalue weighted by Gasteiger charge is -2.16. The van der Waals surface area contributed by atoms with Crippen LogP contribution in [0.15, 0.2) is 55.1 Å². The van der Waals surface area contributed by atoms with Crippen molar-refractivity contribution in [3.05, 3.63) is 77.3 Å². The van der Waals surface area contributed by atoms with Gasteiger partial charge in [0.05, 0.1) is 10.9 Å². The molecule has 2 heteroatoms. The Balaban J connectivity index is 2.53. The number of rotatable bonds is 2. The van der Waals surface area contributed by atoms with Gasteiger partial charge in [0.2, 0.25) is 5.69 Å². The summed E-state index contributed by atoms with van der Waals surface area (Å²) in [4.78, 5) is 0. The van der Waals surface area contributed by atoms with E-state index >= 15 is 0 Å². The number of allylic oxidation sites excluding steroid dienone is 1. The number of aromatic nitrogens is 1. The summed E-state index contributed by atoms with van der Waals surface area (Å²) < 4.78 is 1.02. The molecule has 110 valence electrons. The zero-order valence-electron chi connectivity index (χ0n) is 13.2. The van der Waals surface area contributed by atoms with E-state index in [-0.39, 0.29) is 0 Å². The van der Waals surface area contributed by atoms with E-state index in [4.69, 9.17) is 0 Å². The van der Waals surface area contributed by atoms with Crippen molar-refractivity contribution < 1.29 is 4.73 Å². The third-order valence-electron chi connectivity index (χ3n) is 4.04. The first kappa shape index (κ1) is 14.3. The van der Waals surface area contributed by atoms with E-state index in [2.05, 4.69) is 37.8 Å². The molecule has 2 nitrogen and oxygen atoms in total. The molecule has 0 saturated carbocycles. The fraction of sp³-hybridized carbons (Fsp3) is 0.150. The van der Waals surface area contributed by atoms with Crippen molar-refractivity contribution in [3.63, 3.8) is 0 Å². The summed E-state index contributed by atoms with van der Waals surface area (Å²) in [6.07, 6.45) is 0. The molecule has 0 saturated heterocycles. The van der Waals surface area contributed by atoms with Gasteiger partial charge in [0.1, 0.15) is 0 Å². The molecule has 2 aromatic carbocycles. The molecule has 0 atom stereocenters. The van der Waals surface area contributed by atoms with E-state index < -0.39 is 0 Å². The number of nitrogens with zero attached hydrogens (tertiary/aromatic N) is 1. The highest BCUT2D eigenvalue weighted by molar-refractivity contribution is 6.00. The average Bonchev–Trinajstić information content (AvgIpc) is 2.50. The van der Waals surface area contributed by atoms with Crippen LogP contribution in [-0.2, 0) is 0 Å². The summed E-state index contributed by atoms with van der Waals surface area (Å²) in [7, 11) is 0. The predicted octanol–water partition coefficient (Wildman–Crippen LogP) is 4.79. The average molecular weight is 289 g/mol. The summed E-state index contributed by atoms with van der Waals surface area (Å²) in [6.45, 7) is 9.83. The van der Waals surface area contributed by atoms with Gasteiger partial charge in [0.25, 0.3) is 0 Å². The molecule has 0 aliphatic rings. The van der Waals surface area contributed by atoms with E-state index in [1.165, 1.54) is 5.56 Å². The van der Waals surface area contributed by atoms with E-state index in [0.717, 1.165) is 32.2 Å². The van der Waals surface area contributed by atoms with Crippen LogP contribution in [0.1, 0.15) is 23.9 Å². The third kappa shape index (κ3) is 2.17. The van der Waals surface area contributed by atoms with Crippen LogP contribution in [0.2, 0.25) is 0 Å². The molecule has 0 amide bonds. The van der Waals surface area contributed by atoms with Crippen LogP contribution in [-0.4, -0.2) is 0 Å². The Hall–Kier alpha value is -2.61. The van der Waals surface area contributed by atoms with Crippen LogP contribution in [0.3, 0.4) is 0 Å². The molecule has 0 N–H and O–H groups in total. The van der Waals surface area contributed by atoms with Crippen LogP contribution in [0, 0.1) is 19.1 Å². The highest BCUT2D eigenvalue weighted by Gasteiger charge is 2.22. The quantitative estimate of drug-likeness (QED) is 0.492. The Morgan fingerprint density at radius 2 is 1.68 bits per heavy atom. The van der Waals surface area contributed by atoms with Gasteiger partial charge in [-0.15, -0.1) is 0 Å². The minimum absolute atomic E-state index is 0.654. The summed E-state index contributed by atoms with van der Waals surface area (Å²) in [5, 5.41) is 14.8. The molecule has 1 heterocycles. The third-order valence-corrected chi connectivity index (χ3v) is 4.04. The Morgan fingerprint density at radius 3 is 2.32 bits per heavy atom. The number of hydrogen-bond acceptors (Lipinski definition) is 1. The van der Waals surface area contributed by atoms with Crippen LogP contribution in [0.4, 0.5) is 0 Å². The molecule has 1 aromatic heterocycles. The van der Waals surface area contributed by atoms with Gasteiger partial charge in [-0.05, 0) is 25.5 Å². The van der Waals surface area contributed by atoms with Crippen LogP contribution in [0.5, 0.6) is 0 Å². The molecule has 0 bridgehead atoms. The Labute approximate surface area is 130 Å². The van der Waals surface area contributed by atoms with Gasteiger partial charge < -0.3 is 5.21 Å². The standard InChI is InChI=1S/C20H19NO/c1-13(2)20-19(16-9-7-8-14(3)12-16)18-11-6-5-10-17(18)15(4)21(20)22/h5-12H,1H2,2-4H3. The lowest BCUT2D eigenvalue weighted by Crippen LogP contribution is -2.35. The lowest BCUT2D eigenvalue weighted by molar-refractivity contribution is -0.612. The fourth-order valence-electron chi connectivity index (χ4n) is 3.00. The smallest absolute Gasteiger partial charge is 0.227 e. The first-order valence-electron chi connectivity index (χ1n) is 7.38. The molecule has 3 aromatic rings. The van der Waals surface area contributed by atoms with Crippen molar-refractivity contribution in [1.29, 1.82) is 0 Å². The zero-order chi connectivity index (χ0) is 15.9. The molecule has 0 radical (unpaired) electrons. The zero-order valence-corrected chi connectivity index (χ0v) is 13.2. The minimum Gasteiger partial charge on any atom is -0.618 e. The fourth-order valence-corrected chi connectivity index (χ4v) is 3.00. The van der Waals surface area contributed by atoms with Crippen LogP contribution < -0.4 is 4.73 Å². The molecule has 0 fully saturated rings. The number of aryl methyl sites for hydroxylation is 2. The topological polar surface area (TPSA) is 26.9 Å². The maximum Gasteiger partial charge on any atom is 0.227 e. The van der Waals surface area contributed by atoms with Crippen molar-refractivity contribution in [1.82, 2.24) is 0 Å². The largest absolute Gasteiger partial charge is 0.618 e. The molecule has 0 unspecified atom stereocenters. The van der Waals surface area contributed by atoms with Gasteiger partial charge in [-0.1, -0.05) is 54.6 Å². The Morgan fingerprint density at radius 1 is 1.00 bits per heavy atom. The molecule has 0 spiro atoms. The first-order chi connectivity index (χ1) is 10.5. The summed E-state index contributed by atoms with van der Waals surface area (Å²) >= 11 is 0. The number of fused-ring (bicyclic) bond motifs is 1. The normalized spacial score (nSPS) is 10.9. The molecular weight excluding hydrogens is 270 g/mol. The monoisotopic (exact) mass is 289 g/mol. The summed E-state index contributed by atoms with van der Waals surface area (Å²) in [5.41, 5.74) is 5.34. The second-order valence-corrected chi connectivity index (χ2v) is 5.80. The number of hydrogen-bond donors (Lipinski definition) is 0. The Bertz CT molecular complexity index is 894. The van der Waals surface area contributed by atoms with Crippen molar-refractivity contribution in [2.24, 2.45) is 0 Å². The van der Waals surface area contributed by atoms with Gasteiger partial charge in [-0.25, -0.2) is 0 Å². The minimum atomic E-state index is 0.654. The highest BCUT2D eigenvalue weighted by atomic mass is 16.5. The second-order valence-electron chi connectivity index (χ2n) is 5.80. The first-order valence-corrected chi connectivity index (χ1v) is 7.38. The van der Waals surface area contributed by atoms with Crippen molar-refractivity contribution >= 4 is 16.3 Å². The number of pyridine rings is 1. The summed E-state index contributed by atoms with van der Waals surface area (Å²) in [6, 6.07) is 16.3. The van der Waals surface area contributed by atoms with Crippen molar-refractivity contribution in [2.45, 2.75) is 20.8 Å². The molecule has 3 rings (SSSR count). The predicted molar refractivity (Wildman–Crippen MR) is 92.5 cm³/mol. The molecular formula is C20H19NO. The van der Waals surface area contributed by atoms with E-state index in [1.54, 1.807) is 0 Å². The van der Waals surface area contributed by atoms with Crippen LogP contribution in [0.25, 0.3) is 27.5 Å². The van der Waals surface area contributed by atoms with E-state index in [0.29, 0.717) is 11.4 Å². The molecule has 22 heavy (non-hydrogen) atoms. The summed E-state index contributed by atoms with van der Waals surface area (Å²) in [5.74, 6) is 0. The number of benzene rings is 2.